The maximum Gasteiger partial charge on any atom is 0.253 e. The average molecular weight is 313 g/mol. The maximum absolute atomic E-state index is 12.4. The highest BCUT2D eigenvalue weighted by Crippen LogP contribution is 2.23. The van der Waals surface area contributed by atoms with Crippen molar-refractivity contribution in [3.8, 4) is 0 Å². The van der Waals surface area contributed by atoms with Crippen LogP contribution in [0.3, 0.4) is 0 Å². The molecule has 0 saturated heterocycles. The second kappa shape index (κ2) is 6.57. The van der Waals surface area contributed by atoms with Gasteiger partial charge in [-0.3, -0.25) is 4.79 Å². The number of hydrogen-bond donors (Lipinski definition) is 1. The third kappa shape index (κ3) is 3.72. The summed E-state index contributed by atoms with van der Waals surface area (Å²) in [6.45, 7) is 5.36. The normalized spacial score (nSPS) is 11.2. The second-order valence-electron chi connectivity index (χ2n) is 5.70. The van der Waals surface area contributed by atoms with Gasteiger partial charge in [0, 0.05) is 23.9 Å². The third-order valence-electron chi connectivity index (χ3n) is 3.26. The molecule has 3 nitrogen and oxygen atoms in total. The van der Waals surface area contributed by atoms with Gasteiger partial charge in [-0.15, -0.1) is 23.7 Å². The minimum Gasteiger partial charge on any atom is -0.341 e. The summed E-state index contributed by atoms with van der Waals surface area (Å²) in [5, 5.41) is 3.17. The number of nitrogens with zero attached hydrogens (tertiary/aromatic N) is 1. The minimum absolute atomic E-state index is 0. The summed E-state index contributed by atoms with van der Waals surface area (Å²) in [6.07, 6.45) is 0. The molecule has 20 heavy (non-hydrogen) atoms. The highest BCUT2D eigenvalue weighted by molar-refractivity contribution is 7.17. The molecular weight excluding hydrogens is 292 g/mol. The smallest absolute Gasteiger partial charge is 0.253 e. The Bertz CT molecular complexity index is 594. The molecule has 1 aromatic heterocycles. The van der Waals surface area contributed by atoms with E-state index in [9.17, 15) is 4.79 Å². The molecular formula is C15H21ClN2OS. The Hall–Kier alpha value is -1.10. The van der Waals surface area contributed by atoms with E-state index in [1.54, 1.807) is 16.2 Å². The Kier molecular flexibility index (Phi) is 5.57. The predicted octanol–water partition coefficient (Wildman–Crippen LogP) is 3.38. The first kappa shape index (κ1) is 17.0. The van der Waals surface area contributed by atoms with Crippen LogP contribution in [0.5, 0.6) is 0 Å². The van der Waals surface area contributed by atoms with Gasteiger partial charge in [0.25, 0.3) is 5.91 Å². The van der Waals surface area contributed by atoms with Crippen LogP contribution >= 0.6 is 23.7 Å². The number of benzene rings is 1. The highest BCUT2D eigenvalue weighted by atomic mass is 35.5. The van der Waals surface area contributed by atoms with Crippen LogP contribution in [0, 0.1) is 5.41 Å². The first-order valence-corrected chi connectivity index (χ1v) is 7.24. The molecule has 0 fully saturated rings. The molecule has 0 atom stereocenters. The van der Waals surface area contributed by atoms with Crippen molar-refractivity contribution in [2.24, 2.45) is 11.1 Å². The van der Waals surface area contributed by atoms with Crippen LogP contribution in [-0.2, 0) is 0 Å². The zero-order valence-corrected chi connectivity index (χ0v) is 13.7. The summed E-state index contributed by atoms with van der Waals surface area (Å²) in [6, 6.07) is 7.91. The lowest BCUT2D eigenvalue weighted by Gasteiger charge is -2.29. The van der Waals surface area contributed by atoms with E-state index < -0.39 is 0 Å². The average Bonchev–Trinajstić information content (AvgIpc) is 2.84. The molecule has 0 unspecified atom stereocenters. The zero-order chi connectivity index (χ0) is 14.0. The molecule has 1 amide bonds. The van der Waals surface area contributed by atoms with Gasteiger partial charge >= 0.3 is 0 Å². The van der Waals surface area contributed by atoms with Gasteiger partial charge in [0.15, 0.2) is 0 Å². The van der Waals surface area contributed by atoms with E-state index in [0.717, 1.165) is 10.9 Å². The summed E-state index contributed by atoms with van der Waals surface area (Å²) < 4.78 is 1.21. The molecule has 1 heterocycles. The van der Waals surface area contributed by atoms with Gasteiger partial charge in [0.05, 0.1) is 0 Å². The van der Waals surface area contributed by atoms with E-state index in [1.807, 2.05) is 36.7 Å². The number of carbonyl (C=O) groups excluding carboxylic acids is 1. The SMILES string of the molecule is CN(CC(C)(C)CN)C(=O)c1ccc2sccc2c1.Cl. The Balaban J connectivity index is 0.00000200. The first-order valence-electron chi connectivity index (χ1n) is 6.36. The second-order valence-corrected chi connectivity index (χ2v) is 6.65. The number of amides is 1. The summed E-state index contributed by atoms with van der Waals surface area (Å²) in [4.78, 5) is 14.1. The van der Waals surface area contributed by atoms with Crippen molar-refractivity contribution in [3.05, 3.63) is 35.2 Å². The van der Waals surface area contributed by atoms with Gasteiger partial charge in [0.1, 0.15) is 0 Å². The maximum atomic E-state index is 12.4. The number of nitrogens with two attached hydrogens (primary N) is 1. The van der Waals surface area contributed by atoms with Crippen molar-refractivity contribution < 1.29 is 4.79 Å². The lowest BCUT2D eigenvalue weighted by molar-refractivity contribution is 0.0741. The van der Waals surface area contributed by atoms with E-state index >= 15 is 0 Å². The van der Waals surface area contributed by atoms with Crippen molar-refractivity contribution in [1.82, 2.24) is 4.90 Å². The Morgan fingerprint density at radius 2 is 2.05 bits per heavy atom. The third-order valence-corrected chi connectivity index (χ3v) is 4.16. The van der Waals surface area contributed by atoms with Crippen LogP contribution in [-0.4, -0.2) is 30.9 Å². The lowest BCUT2D eigenvalue weighted by atomic mass is 9.93. The van der Waals surface area contributed by atoms with E-state index in [0.29, 0.717) is 13.1 Å². The van der Waals surface area contributed by atoms with E-state index in [1.165, 1.54) is 4.70 Å². The summed E-state index contributed by atoms with van der Waals surface area (Å²) in [5.74, 6) is 0.0506. The molecule has 0 radical (unpaired) electrons. The molecule has 110 valence electrons. The Morgan fingerprint density at radius 1 is 1.35 bits per heavy atom. The molecule has 2 N–H and O–H groups in total. The lowest BCUT2D eigenvalue weighted by Crippen LogP contribution is -2.39. The highest BCUT2D eigenvalue weighted by Gasteiger charge is 2.22. The molecule has 2 rings (SSSR count). The van der Waals surface area contributed by atoms with Gasteiger partial charge in [-0.1, -0.05) is 13.8 Å². The van der Waals surface area contributed by atoms with Crippen molar-refractivity contribution in [2.75, 3.05) is 20.1 Å². The van der Waals surface area contributed by atoms with Crippen LogP contribution in [0.25, 0.3) is 10.1 Å². The number of fused-ring (bicyclic) bond motifs is 1. The number of hydrogen-bond acceptors (Lipinski definition) is 3. The quantitative estimate of drug-likeness (QED) is 0.940. The predicted molar refractivity (Wildman–Crippen MR) is 88.9 cm³/mol. The van der Waals surface area contributed by atoms with Gasteiger partial charge in [-0.05, 0) is 47.0 Å². The number of thiophene rings is 1. The topological polar surface area (TPSA) is 46.3 Å². The molecule has 5 heteroatoms. The van der Waals surface area contributed by atoms with Gasteiger partial charge in [-0.25, -0.2) is 0 Å². The van der Waals surface area contributed by atoms with Gasteiger partial charge < -0.3 is 10.6 Å². The molecule has 0 aliphatic rings. The summed E-state index contributed by atoms with van der Waals surface area (Å²) >= 11 is 1.69. The molecule has 0 aliphatic carbocycles. The molecule has 1 aromatic carbocycles. The van der Waals surface area contributed by atoms with Gasteiger partial charge in [0.2, 0.25) is 0 Å². The molecule has 0 spiro atoms. The summed E-state index contributed by atoms with van der Waals surface area (Å²) in [5.41, 5.74) is 6.40. The summed E-state index contributed by atoms with van der Waals surface area (Å²) in [7, 11) is 1.83. The number of rotatable bonds is 4. The van der Waals surface area contributed by atoms with E-state index in [4.69, 9.17) is 5.73 Å². The van der Waals surface area contributed by atoms with Crippen molar-refractivity contribution in [2.45, 2.75) is 13.8 Å². The largest absolute Gasteiger partial charge is 0.341 e. The molecule has 0 aliphatic heterocycles. The fourth-order valence-electron chi connectivity index (χ4n) is 2.10. The van der Waals surface area contributed by atoms with E-state index in [2.05, 4.69) is 13.8 Å². The Morgan fingerprint density at radius 3 is 2.70 bits per heavy atom. The van der Waals surface area contributed by atoms with Crippen LogP contribution in [0.2, 0.25) is 0 Å². The van der Waals surface area contributed by atoms with Crippen molar-refractivity contribution in [1.29, 1.82) is 0 Å². The fourth-order valence-corrected chi connectivity index (χ4v) is 2.87. The van der Waals surface area contributed by atoms with Crippen molar-refractivity contribution in [3.63, 3.8) is 0 Å². The van der Waals surface area contributed by atoms with Crippen LogP contribution in [0.4, 0.5) is 0 Å². The molecule has 0 bridgehead atoms. The van der Waals surface area contributed by atoms with E-state index in [-0.39, 0.29) is 23.7 Å². The fraction of sp³-hybridized carbons (Fsp3) is 0.400. The molecule has 2 aromatic rings. The van der Waals surface area contributed by atoms with Crippen LogP contribution in [0.15, 0.2) is 29.6 Å². The zero-order valence-electron chi connectivity index (χ0n) is 12.1. The monoisotopic (exact) mass is 312 g/mol. The van der Waals surface area contributed by atoms with Crippen LogP contribution in [0.1, 0.15) is 24.2 Å². The minimum atomic E-state index is -0.0586. The van der Waals surface area contributed by atoms with Gasteiger partial charge in [-0.2, -0.15) is 0 Å². The number of carbonyl (C=O) groups is 1. The Labute approximate surface area is 130 Å². The molecule has 0 saturated carbocycles. The number of halogens is 1. The first-order chi connectivity index (χ1) is 8.93. The van der Waals surface area contributed by atoms with Crippen molar-refractivity contribution >= 4 is 39.7 Å². The standard InChI is InChI=1S/C15H20N2OS.ClH/c1-15(2,9-16)10-17(3)14(18)12-4-5-13-11(8-12)6-7-19-13;/h4-8H,9-10,16H2,1-3H3;1H. The van der Waals surface area contributed by atoms with Crippen LogP contribution < -0.4 is 5.73 Å².